The quantitative estimate of drug-likeness (QED) is 0.756. The predicted molar refractivity (Wildman–Crippen MR) is 66.9 cm³/mol. The third kappa shape index (κ3) is 4.20. The number of hydrogen-bond donors (Lipinski definition) is 1. The van der Waals surface area contributed by atoms with Crippen molar-refractivity contribution in [2.75, 3.05) is 46.0 Å². The molecule has 0 atom stereocenters. The second-order valence-electron chi connectivity index (χ2n) is 4.08. The minimum atomic E-state index is 0.548. The SMILES string of the molecule is NC1=CC=C(OCCN2CCOCC2)C=NC1. The van der Waals surface area contributed by atoms with E-state index in [2.05, 4.69) is 9.89 Å². The Bertz CT molecular complexity index is 331. The molecule has 0 aromatic carbocycles. The molecule has 2 heterocycles. The summed E-state index contributed by atoms with van der Waals surface area (Å²) in [6, 6.07) is 0. The van der Waals surface area contributed by atoms with Crippen molar-refractivity contribution in [3.05, 3.63) is 23.6 Å². The van der Waals surface area contributed by atoms with Crippen LogP contribution in [0.3, 0.4) is 0 Å². The molecule has 5 nitrogen and oxygen atoms in total. The average Bonchev–Trinajstić information content (AvgIpc) is 2.56. The molecule has 0 aromatic rings. The molecule has 5 heteroatoms. The van der Waals surface area contributed by atoms with Gasteiger partial charge in [0.2, 0.25) is 0 Å². The van der Waals surface area contributed by atoms with Crippen LogP contribution < -0.4 is 5.73 Å². The molecule has 1 saturated heterocycles. The molecule has 2 aliphatic rings. The lowest BCUT2D eigenvalue weighted by molar-refractivity contribution is 0.0285. The molecular weight excluding hydrogens is 218 g/mol. The van der Waals surface area contributed by atoms with Gasteiger partial charge in [0.1, 0.15) is 12.4 Å². The minimum Gasteiger partial charge on any atom is -0.491 e. The van der Waals surface area contributed by atoms with Gasteiger partial charge < -0.3 is 15.2 Å². The van der Waals surface area contributed by atoms with Gasteiger partial charge in [0.15, 0.2) is 0 Å². The highest BCUT2D eigenvalue weighted by Gasteiger charge is 2.09. The number of nitrogens with two attached hydrogens (primary N) is 1. The number of rotatable bonds is 4. The van der Waals surface area contributed by atoms with Crippen molar-refractivity contribution in [1.82, 2.24) is 4.90 Å². The smallest absolute Gasteiger partial charge is 0.137 e. The van der Waals surface area contributed by atoms with Crippen LogP contribution in [0, 0.1) is 0 Å². The van der Waals surface area contributed by atoms with Crippen LogP contribution in [-0.4, -0.2) is 57.1 Å². The maximum Gasteiger partial charge on any atom is 0.137 e. The molecule has 0 amide bonds. The summed E-state index contributed by atoms with van der Waals surface area (Å²) in [5.74, 6) is 0.777. The van der Waals surface area contributed by atoms with E-state index < -0.39 is 0 Å². The number of allylic oxidation sites excluding steroid dienone is 3. The molecule has 0 spiro atoms. The zero-order valence-electron chi connectivity index (χ0n) is 9.97. The van der Waals surface area contributed by atoms with Crippen molar-refractivity contribution in [2.24, 2.45) is 10.7 Å². The maximum absolute atomic E-state index is 5.67. The van der Waals surface area contributed by atoms with Crippen LogP contribution in [0.15, 0.2) is 28.6 Å². The normalized spacial score (nSPS) is 21.6. The molecule has 2 aliphatic heterocycles. The summed E-state index contributed by atoms with van der Waals surface area (Å²) in [7, 11) is 0. The molecule has 0 bridgehead atoms. The first kappa shape index (κ1) is 12.1. The second kappa shape index (κ2) is 6.42. The summed E-state index contributed by atoms with van der Waals surface area (Å²) in [4.78, 5) is 6.49. The summed E-state index contributed by atoms with van der Waals surface area (Å²) < 4.78 is 10.9. The highest BCUT2D eigenvalue weighted by Crippen LogP contribution is 2.02. The van der Waals surface area contributed by atoms with E-state index >= 15 is 0 Å². The molecule has 17 heavy (non-hydrogen) atoms. The van der Waals surface area contributed by atoms with Gasteiger partial charge >= 0.3 is 0 Å². The van der Waals surface area contributed by atoms with Gasteiger partial charge in [-0.05, 0) is 12.2 Å². The third-order valence-corrected chi connectivity index (χ3v) is 2.73. The van der Waals surface area contributed by atoms with Crippen molar-refractivity contribution in [1.29, 1.82) is 0 Å². The maximum atomic E-state index is 5.67. The van der Waals surface area contributed by atoms with Crippen LogP contribution in [0.1, 0.15) is 0 Å². The molecule has 1 fully saturated rings. The Labute approximate surface area is 102 Å². The van der Waals surface area contributed by atoms with Crippen LogP contribution in [0.2, 0.25) is 0 Å². The zero-order valence-corrected chi connectivity index (χ0v) is 9.97. The van der Waals surface area contributed by atoms with E-state index in [0.29, 0.717) is 13.2 Å². The monoisotopic (exact) mass is 237 g/mol. The lowest BCUT2D eigenvalue weighted by atomic mass is 10.4. The summed E-state index contributed by atoms with van der Waals surface area (Å²) in [5, 5.41) is 0. The van der Waals surface area contributed by atoms with Crippen LogP contribution >= 0.6 is 0 Å². The Morgan fingerprint density at radius 3 is 3.00 bits per heavy atom. The highest BCUT2D eigenvalue weighted by atomic mass is 16.5. The lowest BCUT2D eigenvalue weighted by Crippen LogP contribution is -2.38. The van der Waals surface area contributed by atoms with E-state index in [0.717, 1.165) is 44.3 Å². The van der Waals surface area contributed by atoms with Gasteiger partial charge in [0.25, 0.3) is 0 Å². The number of ether oxygens (including phenoxy) is 2. The van der Waals surface area contributed by atoms with Gasteiger partial charge in [-0.1, -0.05) is 0 Å². The van der Waals surface area contributed by atoms with Crippen molar-refractivity contribution >= 4 is 6.21 Å². The Balaban J connectivity index is 1.71. The molecule has 0 aromatic heterocycles. The largest absolute Gasteiger partial charge is 0.491 e. The lowest BCUT2D eigenvalue weighted by Gasteiger charge is -2.26. The van der Waals surface area contributed by atoms with E-state index in [4.69, 9.17) is 15.2 Å². The molecule has 2 N–H and O–H groups in total. The Kier molecular flexibility index (Phi) is 4.58. The number of aliphatic imine (C=N–C) groups is 1. The van der Waals surface area contributed by atoms with Gasteiger partial charge in [-0.15, -0.1) is 0 Å². The Morgan fingerprint density at radius 2 is 2.18 bits per heavy atom. The molecule has 0 radical (unpaired) electrons. The van der Waals surface area contributed by atoms with Gasteiger partial charge in [-0.3, -0.25) is 9.89 Å². The van der Waals surface area contributed by atoms with Gasteiger partial charge in [0.05, 0.1) is 26.0 Å². The Morgan fingerprint density at radius 1 is 1.35 bits per heavy atom. The first-order chi connectivity index (χ1) is 8.34. The van der Waals surface area contributed by atoms with Gasteiger partial charge in [-0.25, -0.2) is 0 Å². The fourth-order valence-corrected chi connectivity index (χ4v) is 1.73. The molecular formula is C12H19N3O2. The van der Waals surface area contributed by atoms with E-state index in [1.165, 1.54) is 0 Å². The zero-order chi connectivity index (χ0) is 11.9. The van der Waals surface area contributed by atoms with Crippen LogP contribution in [0.4, 0.5) is 0 Å². The van der Waals surface area contributed by atoms with Crippen LogP contribution in [-0.2, 0) is 9.47 Å². The van der Waals surface area contributed by atoms with Crippen molar-refractivity contribution in [3.63, 3.8) is 0 Å². The Hall–Kier alpha value is -1.33. The fraction of sp³-hybridized carbons (Fsp3) is 0.583. The second-order valence-corrected chi connectivity index (χ2v) is 4.08. The molecule has 0 unspecified atom stereocenters. The molecule has 0 saturated carbocycles. The highest BCUT2D eigenvalue weighted by molar-refractivity contribution is 5.77. The number of hydrogen-bond acceptors (Lipinski definition) is 5. The summed E-state index contributed by atoms with van der Waals surface area (Å²) >= 11 is 0. The standard InChI is InChI=1S/C12H19N3O2/c13-11-1-2-12(10-14-9-11)17-8-5-15-3-6-16-7-4-15/h1-2,10H,3-9,13H2. The van der Waals surface area contributed by atoms with Crippen molar-refractivity contribution < 1.29 is 9.47 Å². The summed E-state index contributed by atoms with van der Waals surface area (Å²) in [6.45, 7) is 5.77. The third-order valence-electron chi connectivity index (χ3n) is 2.73. The van der Waals surface area contributed by atoms with Crippen LogP contribution in [0.25, 0.3) is 0 Å². The summed E-state index contributed by atoms with van der Waals surface area (Å²) in [6.07, 6.45) is 5.44. The molecule has 94 valence electrons. The fourth-order valence-electron chi connectivity index (χ4n) is 1.73. The average molecular weight is 237 g/mol. The van der Waals surface area contributed by atoms with E-state index in [1.54, 1.807) is 6.21 Å². The molecule has 2 rings (SSSR count). The first-order valence-electron chi connectivity index (χ1n) is 5.93. The van der Waals surface area contributed by atoms with E-state index in [-0.39, 0.29) is 0 Å². The number of morpholine rings is 1. The molecule has 0 aliphatic carbocycles. The number of nitrogens with zero attached hydrogens (tertiary/aromatic N) is 2. The van der Waals surface area contributed by atoms with E-state index in [9.17, 15) is 0 Å². The van der Waals surface area contributed by atoms with Gasteiger partial charge in [-0.2, -0.15) is 0 Å². The first-order valence-corrected chi connectivity index (χ1v) is 5.93. The van der Waals surface area contributed by atoms with Crippen molar-refractivity contribution in [2.45, 2.75) is 0 Å². The van der Waals surface area contributed by atoms with Gasteiger partial charge in [0, 0.05) is 25.3 Å². The predicted octanol–water partition coefficient (Wildman–Crippen LogP) is 0.146. The van der Waals surface area contributed by atoms with Crippen molar-refractivity contribution in [3.8, 4) is 0 Å². The topological polar surface area (TPSA) is 60.1 Å². The van der Waals surface area contributed by atoms with Crippen LogP contribution in [0.5, 0.6) is 0 Å². The van der Waals surface area contributed by atoms with E-state index in [1.807, 2.05) is 12.2 Å². The summed E-state index contributed by atoms with van der Waals surface area (Å²) in [5.41, 5.74) is 6.43. The minimum absolute atomic E-state index is 0.548.